The summed E-state index contributed by atoms with van der Waals surface area (Å²) in [5.74, 6) is 0.713. The largest absolute Gasteiger partial charge is 0.488 e. The summed E-state index contributed by atoms with van der Waals surface area (Å²) in [6.07, 6.45) is 3.53. The van der Waals surface area contributed by atoms with Crippen LogP contribution in [-0.2, 0) is 18.4 Å². The van der Waals surface area contributed by atoms with E-state index >= 15 is 0 Å². The van der Waals surface area contributed by atoms with Crippen LogP contribution in [0, 0.1) is 6.92 Å². The summed E-state index contributed by atoms with van der Waals surface area (Å²) in [6.45, 7) is 3.64. The molecule has 2 aromatic carbocycles. The fourth-order valence-corrected chi connectivity index (χ4v) is 3.59. The zero-order chi connectivity index (χ0) is 21.3. The maximum absolute atomic E-state index is 12.5. The predicted octanol–water partition coefficient (Wildman–Crippen LogP) is 4.35. The lowest BCUT2D eigenvalue weighted by Crippen LogP contribution is -2.16. The van der Waals surface area contributed by atoms with Crippen molar-refractivity contribution in [2.75, 3.05) is 0 Å². The number of nitrogens with one attached hydrogen (secondary N) is 1. The van der Waals surface area contributed by atoms with Gasteiger partial charge < -0.3 is 19.0 Å². The van der Waals surface area contributed by atoms with E-state index in [-0.39, 0.29) is 5.56 Å². The van der Waals surface area contributed by atoms with Gasteiger partial charge in [0, 0.05) is 48.4 Å². The lowest BCUT2D eigenvalue weighted by molar-refractivity contribution is -0.131. The molecule has 0 radical (unpaired) electrons. The van der Waals surface area contributed by atoms with Crippen LogP contribution in [0.15, 0.2) is 65.7 Å². The predicted molar refractivity (Wildman–Crippen MR) is 116 cm³/mol. The molecule has 4 rings (SSSR count). The first kappa shape index (κ1) is 19.5. The molecular weight excluding hydrogens is 380 g/mol. The average molecular weight is 402 g/mol. The third kappa shape index (κ3) is 3.59. The van der Waals surface area contributed by atoms with Crippen molar-refractivity contribution in [1.29, 1.82) is 0 Å². The molecule has 0 saturated carbocycles. The van der Waals surface area contributed by atoms with Gasteiger partial charge in [0.1, 0.15) is 23.6 Å². The highest BCUT2D eigenvalue weighted by molar-refractivity contribution is 5.97. The first-order valence-electron chi connectivity index (χ1n) is 9.61. The molecule has 0 atom stereocenters. The molecule has 0 unspecified atom stereocenters. The van der Waals surface area contributed by atoms with Crippen LogP contribution in [0.25, 0.3) is 22.0 Å². The van der Waals surface area contributed by atoms with Crippen molar-refractivity contribution >= 4 is 16.9 Å². The first-order valence-corrected chi connectivity index (χ1v) is 9.61. The summed E-state index contributed by atoms with van der Waals surface area (Å²) < 4.78 is 13.1. The van der Waals surface area contributed by atoms with Gasteiger partial charge in [-0.05, 0) is 30.7 Å². The van der Waals surface area contributed by atoms with Crippen molar-refractivity contribution in [3.05, 3.63) is 82.4 Å². The second kappa shape index (κ2) is 7.91. The number of hydrogen-bond donors (Lipinski definition) is 1. The molecule has 0 aliphatic heterocycles. The quantitative estimate of drug-likeness (QED) is 0.398. The van der Waals surface area contributed by atoms with Gasteiger partial charge in [-0.1, -0.05) is 30.3 Å². The summed E-state index contributed by atoms with van der Waals surface area (Å²) in [5.41, 5.74) is 3.81. The number of nitrogens with zero attached hydrogens (tertiary/aromatic N) is 1. The van der Waals surface area contributed by atoms with Crippen LogP contribution in [0.2, 0.25) is 0 Å². The number of hydrogen-bond acceptors (Lipinski definition) is 4. The normalized spacial score (nSPS) is 10.9. The smallest absolute Gasteiger partial charge is 0.308 e. The standard InChI is InChI=1S/C24H22N2O4/c1-15-20(30-16(2)27)9-10-21(29-14-17-7-5-4-6-8-17)22(15)19-13-26(3)24(28)23-18(19)11-12-25-23/h4-13,25H,14H2,1-3H3. The maximum atomic E-state index is 12.5. The molecule has 6 heteroatoms. The Morgan fingerprint density at radius 1 is 1.07 bits per heavy atom. The lowest BCUT2D eigenvalue weighted by atomic mass is 9.97. The average Bonchev–Trinajstić information content (AvgIpc) is 3.22. The second-order valence-electron chi connectivity index (χ2n) is 7.15. The summed E-state index contributed by atoms with van der Waals surface area (Å²) in [5, 5.41) is 0.783. The van der Waals surface area contributed by atoms with E-state index in [1.807, 2.05) is 43.3 Å². The first-order chi connectivity index (χ1) is 14.5. The molecule has 0 aliphatic rings. The van der Waals surface area contributed by atoms with Gasteiger partial charge in [0.25, 0.3) is 5.56 Å². The van der Waals surface area contributed by atoms with E-state index in [4.69, 9.17) is 9.47 Å². The molecule has 1 N–H and O–H groups in total. The van der Waals surface area contributed by atoms with E-state index in [1.165, 1.54) is 11.5 Å². The van der Waals surface area contributed by atoms with Crippen LogP contribution in [0.4, 0.5) is 0 Å². The lowest BCUT2D eigenvalue weighted by Gasteiger charge is -2.18. The van der Waals surface area contributed by atoms with Gasteiger partial charge in [0.15, 0.2) is 0 Å². The van der Waals surface area contributed by atoms with Gasteiger partial charge in [-0.25, -0.2) is 0 Å². The van der Waals surface area contributed by atoms with E-state index in [1.54, 1.807) is 31.6 Å². The number of carbonyl (C=O) groups is 1. The Hall–Kier alpha value is -3.80. The number of aryl methyl sites for hydroxylation is 1. The number of H-pyrrole nitrogens is 1. The van der Waals surface area contributed by atoms with Crippen molar-refractivity contribution in [1.82, 2.24) is 9.55 Å². The van der Waals surface area contributed by atoms with Crippen LogP contribution in [0.1, 0.15) is 18.1 Å². The number of fused-ring (bicyclic) bond motifs is 1. The third-order valence-corrected chi connectivity index (χ3v) is 5.03. The molecule has 0 amide bonds. The van der Waals surface area contributed by atoms with Crippen molar-refractivity contribution in [3.63, 3.8) is 0 Å². The van der Waals surface area contributed by atoms with Crippen LogP contribution in [-0.4, -0.2) is 15.5 Å². The Labute approximate surface area is 173 Å². The second-order valence-corrected chi connectivity index (χ2v) is 7.15. The highest BCUT2D eigenvalue weighted by atomic mass is 16.5. The van der Waals surface area contributed by atoms with Crippen molar-refractivity contribution < 1.29 is 14.3 Å². The number of rotatable bonds is 5. The molecule has 2 aromatic heterocycles. The monoisotopic (exact) mass is 402 g/mol. The molecule has 0 bridgehead atoms. The van der Waals surface area contributed by atoms with E-state index in [2.05, 4.69) is 4.98 Å². The van der Waals surface area contributed by atoms with Gasteiger partial charge in [-0.3, -0.25) is 9.59 Å². The number of ether oxygens (including phenoxy) is 2. The van der Waals surface area contributed by atoms with Gasteiger partial charge in [-0.15, -0.1) is 0 Å². The molecule has 4 aromatic rings. The highest BCUT2D eigenvalue weighted by Crippen LogP contribution is 2.41. The van der Waals surface area contributed by atoms with Gasteiger partial charge in [0.2, 0.25) is 0 Å². The Bertz CT molecular complexity index is 1290. The molecule has 0 saturated heterocycles. The van der Waals surface area contributed by atoms with Gasteiger partial charge >= 0.3 is 5.97 Å². The Morgan fingerprint density at radius 2 is 1.80 bits per heavy atom. The van der Waals surface area contributed by atoms with E-state index in [0.29, 0.717) is 23.6 Å². The molecule has 30 heavy (non-hydrogen) atoms. The van der Waals surface area contributed by atoms with Gasteiger partial charge in [-0.2, -0.15) is 0 Å². The SMILES string of the molecule is CC(=O)Oc1ccc(OCc2ccccc2)c(-c2cn(C)c(=O)c3[nH]ccc23)c1C. The van der Waals surface area contributed by atoms with Crippen molar-refractivity contribution in [2.24, 2.45) is 7.05 Å². The number of aromatic nitrogens is 2. The number of carbonyl (C=O) groups excluding carboxylic acids is 1. The van der Waals surface area contributed by atoms with Crippen molar-refractivity contribution in [2.45, 2.75) is 20.5 Å². The summed E-state index contributed by atoms with van der Waals surface area (Å²) in [4.78, 5) is 27.1. The molecular formula is C24H22N2O4. The summed E-state index contributed by atoms with van der Waals surface area (Å²) in [6, 6.07) is 15.3. The zero-order valence-corrected chi connectivity index (χ0v) is 17.1. The summed E-state index contributed by atoms with van der Waals surface area (Å²) in [7, 11) is 1.71. The Morgan fingerprint density at radius 3 is 2.53 bits per heavy atom. The molecule has 0 fully saturated rings. The molecule has 6 nitrogen and oxygen atoms in total. The topological polar surface area (TPSA) is 73.3 Å². The Balaban J connectivity index is 1.90. The van der Waals surface area contributed by atoms with Crippen LogP contribution >= 0.6 is 0 Å². The number of pyridine rings is 1. The zero-order valence-electron chi connectivity index (χ0n) is 17.1. The summed E-state index contributed by atoms with van der Waals surface area (Å²) >= 11 is 0. The minimum atomic E-state index is -0.394. The van der Waals surface area contributed by atoms with Crippen LogP contribution in [0.3, 0.4) is 0 Å². The molecule has 0 aliphatic carbocycles. The van der Waals surface area contributed by atoms with E-state index in [0.717, 1.165) is 27.6 Å². The van der Waals surface area contributed by atoms with Gasteiger partial charge in [0.05, 0.1) is 0 Å². The van der Waals surface area contributed by atoms with E-state index in [9.17, 15) is 9.59 Å². The van der Waals surface area contributed by atoms with Crippen LogP contribution in [0.5, 0.6) is 11.5 Å². The third-order valence-electron chi connectivity index (χ3n) is 5.03. The van der Waals surface area contributed by atoms with Crippen molar-refractivity contribution in [3.8, 4) is 22.6 Å². The number of esters is 1. The highest BCUT2D eigenvalue weighted by Gasteiger charge is 2.19. The number of benzene rings is 2. The molecule has 2 heterocycles. The minimum absolute atomic E-state index is 0.112. The number of aromatic amines is 1. The molecule has 0 spiro atoms. The fraction of sp³-hybridized carbons (Fsp3) is 0.167. The maximum Gasteiger partial charge on any atom is 0.308 e. The minimum Gasteiger partial charge on any atom is -0.488 e. The van der Waals surface area contributed by atoms with E-state index < -0.39 is 5.97 Å². The molecule has 152 valence electrons. The Kier molecular flexibility index (Phi) is 5.14. The fourth-order valence-electron chi connectivity index (χ4n) is 3.59. The van der Waals surface area contributed by atoms with Crippen LogP contribution < -0.4 is 15.0 Å².